The van der Waals surface area contributed by atoms with Crippen LogP contribution in [0.4, 0.5) is 4.79 Å². The number of benzene rings is 2. The molecule has 0 aromatic heterocycles. The van der Waals surface area contributed by atoms with Gasteiger partial charge < -0.3 is 9.47 Å². The minimum Gasteiger partial charge on any atom is -0.497 e. The molecule has 1 heterocycles. The Morgan fingerprint density at radius 2 is 1.73 bits per heavy atom. The molecule has 0 bridgehead atoms. The molecule has 0 saturated carbocycles. The number of hydrogen-bond acceptors (Lipinski definition) is 7. The molecule has 202 valence electrons. The zero-order valence-electron chi connectivity index (χ0n) is 22.1. The van der Waals surface area contributed by atoms with Gasteiger partial charge in [-0.2, -0.15) is 11.8 Å². The topological polar surface area (TPSA) is 105 Å². The van der Waals surface area contributed by atoms with Crippen molar-refractivity contribution in [3.05, 3.63) is 59.7 Å². The van der Waals surface area contributed by atoms with Crippen molar-refractivity contribution < 1.29 is 27.5 Å². The number of carbonyl (C=O) groups excluding carboxylic acids is 2. The number of nitrogens with zero attached hydrogens (tertiary/aromatic N) is 2. The second kappa shape index (κ2) is 11.7. The average Bonchev–Trinajstić information content (AvgIpc) is 3.27. The van der Waals surface area contributed by atoms with Gasteiger partial charge in [0.05, 0.1) is 12.0 Å². The van der Waals surface area contributed by atoms with Gasteiger partial charge in [-0.3, -0.25) is 15.1 Å². The zero-order chi connectivity index (χ0) is 27.4. The van der Waals surface area contributed by atoms with Crippen LogP contribution in [0.15, 0.2) is 53.4 Å². The summed E-state index contributed by atoms with van der Waals surface area (Å²) in [5.74, 6) is 0.871. The Bertz CT molecular complexity index is 1190. The van der Waals surface area contributed by atoms with Crippen molar-refractivity contribution >= 4 is 33.8 Å². The van der Waals surface area contributed by atoms with E-state index in [1.165, 1.54) is 24.1 Å². The molecule has 0 aliphatic carbocycles. The van der Waals surface area contributed by atoms with Crippen LogP contribution in [-0.2, 0) is 25.3 Å². The molecule has 37 heavy (non-hydrogen) atoms. The molecule has 3 rings (SSSR count). The summed E-state index contributed by atoms with van der Waals surface area (Å²) >= 11 is 1.63. The minimum atomic E-state index is -3.96. The molecule has 2 aromatic rings. The summed E-state index contributed by atoms with van der Waals surface area (Å²) in [5, 5.41) is -0.0376. The van der Waals surface area contributed by atoms with Crippen LogP contribution >= 0.6 is 11.8 Å². The van der Waals surface area contributed by atoms with Gasteiger partial charge in [0.1, 0.15) is 17.4 Å². The lowest BCUT2D eigenvalue weighted by Crippen LogP contribution is -2.52. The van der Waals surface area contributed by atoms with E-state index in [4.69, 9.17) is 9.47 Å². The third kappa shape index (κ3) is 7.62. The number of hydrogen-bond donors (Lipinski definition) is 1. The molecule has 1 fully saturated rings. The molecular weight excluding hydrogens is 514 g/mol. The lowest BCUT2D eigenvalue weighted by Gasteiger charge is -2.29. The van der Waals surface area contributed by atoms with Crippen LogP contribution in [-0.4, -0.2) is 67.3 Å². The highest BCUT2D eigenvalue weighted by atomic mass is 32.2. The summed E-state index contributed by atoms with van der Waals surface area (Å²) < 4.78 is 37.5. The molecule has 2 atom stereocenters. The first kappa shape index (κ1) is 28.8. The molecule has 1 aliphatic rings. The number of aryl methyl sites for hydroxylation is 1. The number of likely N-dealkylation sites (tertiary alicyclic amines) is 1. The Morgan fingerprint density at radius 1 is 1.11 bits per heavy atom. The first-order chi connectivity index (χ1) is 17.3. The van der Waals surface area contributed by atoms with Gasteiger partial charge in [0.2, 0.25) is 0 Å². The monoisotopic (exact) mass is 549 g/mol. The van der Waals surface area contributed by atoms with E-state index in [0.29, 0.717) is 18.7 Å². The average molecular weight is 550 g/mol. The number of thioether (sulfide) groups is 1. The smallest absolute Gasteiger partial charge is 0.411 e. The summed E-state index contributed by atoms with van der Waals surface area (Å²) in [7, 11) is -1.07. The van der Waals surface area contributed by atoms with Crippen LogP contribution in [0.5, 0.6) is 5.75 Å². The number of hydrazine groups is 1. The van der Waals surface area contributed by atoms with Crippen LogP contribution in [0.2, 0.25) is 0 Å². The predicted octanol–water partition coefficient (Wildman–Crippen LogP) is 3.97. The van der Waals surface area contributed by atoms with Crippen molar-refractivity contribution in [2.45, 2.75) is 61.7 Å². The number of ether oxygens (including phenoxy) is 2. The summed E-state index contributed by atoms with van der Waals surface area (Å²) in [5.41, 5.74) is 3.73. The molecule has 1 aliphatic heterocycles. The van der Waals surface area contributed by atoms with E-state index in [-0.39, 0.29) is 10.1 Å². The Balaban J connectivity index is 1.72. The molecule has 2 amide bonds. The summed E-state index contributed by atoms with van der Waals surface area (Å²) in [4.78, 5) is 27.7. The molecular formula is C26H35N3O6S2. The maximum atomic E-state index is 13.3. The molecule has 1 N–H and O–H groups in total. The van der Waals surface area contributed by atoms with Gasteiger partial charge in [-0.1, -0.05) is 29.8 Å². The molecule has 0 radical (unpaired) electrons. The Kier molecular flexibility index (Phi) is 9.14. The third-order valence-electron chi connectivity index (χ3n) is 5.79. The Morgan fingerprint density at radius 3 is 2.30 bits per heavy atom. The van der Waals surface area contributed by atoms with Crippen molar-refractivity contribution in [3.8, 4) is 5.75 Å². The van der Waals surface area contributed by atoms with Gasteiger partial charge in [0.15, 0.2) is 0 Å². The van der Waals surface area contributed by atoms with Gasteiger partial charge in [-0.15, -0.1) is 4.41 Å². The van der Waals surface area contributed by atoms with Crippen LogP contribution < -0.4 is 10.2 Å². The third-order valence-corrected chi connectivity index (χ3v) is 8.78. The van der Waals surface area contributed by atoms with E-state index < -0.39 is 33.7 Å². The molecule has 11 heteroatoms. The van der Waals surface area contributed by atoms with Crippen molar-refractivity contribution in [1.29, 1.82) is 0 Å². The molecule has 2 aromatic carbocycles. The molecule has 9 nitrogen and oxygen atoms in total. The number of methoxy groups -OCH3 is 1. The summed E-state index contributed by atoms with van der Waals surface area (Å²) in [6, 6.07) is 13.2. The fraction of sp³-hybridized carbons (Fsp3) is 0.462. The van der Waals surface area contributed by atoms with Crippen molar-refractivity contribution in [3.63, 3.8) is 0 Å². The lowest BCUT2D eigenvalue weighted by atomic mass is 10.2. The van der Waals surface area contributed by atoms with Crippen molar-refractivity contribution in [2.75, 3.05) is 20.7 Å². The highest BCUT2D eigenvalue weighted by Gasteiger charge is 2.42. The summed E-state index contributed by atoms with van der Waals surface area (Å²) in [6.45, 7) is 7.44. The number of carbonyl (C=O) groups is 2. The first-order valence-corrected chi connectivity index (χ1v) is 14.4. The number of sulfonamides is 1. The van der Waals surface area contributed by atoms with E-state index in [9.17, 15) is 18.0 Å². The fourth-order valence-electron chi connectivity index (χ4n) is 3.78. The normalized spacial score (nSPS) is 18.1. The van der Waals surface area contributed by atoms with E-state index in [0.717, 1.165) is 21.3 Å². The van der Waals surface area contributed by atoms with Gasteiger partial charge in [-0.25, -0.2) is 13.2 Å². The van der Waals surface area contributed by atoms with E-state index in [1.807, 2.05) is 31.2 Å². The lowest BCUT2D eigenvalue weighted by molar-refractivity contribution is -0.128. The molecule has 0 unspecified atom stereocenters. The number of rotatable bonds is 8. The maximum Gasteiger partial charge on any atom is 0.411 e. The van der Waals surface area contributed by atoms with Gasteiger partial charge in [0, 0.05) is 24.6 Å². The van der Waals surface area contributed by atoms with Crippen molar-refractivity contribution in [2.24, 2.45) is 0 Å². The van der Waals surface area contributed by atoms with Crippen LogP contribution in [0, 0.1) is 6.92 Å². The van der Waals surface area contributed by atoms with Gasteiger partial charge in [0.25, 0.3) is 15.9 Å². The van der Waals surface area contributed by atoms with Crippen LogP contribution in [0.3, 0.4) is 0 Å². The highest BCUT2D eigenvalue weighted by molar-refractivity contribution is 7.99. The largest absolute Gasteiger partial charge is 0.497 e. The maximum absolute atomic E-state index is 13.3. The van der Waals surface area contributed by atoms with Crippen molar-refractivity contribution in [1.82, 2.24) is 14.7 Å². The van der Waals surface area contributed by atoms with Gasteiger partial charge in [-0.05, 0) is 63.9 Å². The van der Waals surface area contributed by atoms with Crippen LogP contribution in [0.1, 0.15) is 38.3 Å². The Hall–Kier alpha value is -2.76. The van der Waals surface area contributed by atoms with Gasteiger partial charge >= 0.3 is 6.09 Å². The molecule has 0 spiro atoms. The summed E-state index contributed by atoms with van der Waals surface area (Å²) in [6.07, 6.45) is -0.242. The highest BCUT2D eigenvalue weighted by Crippen LogP contribution is 2.32. The standard InChI is InChI=1S/C26H35N3O6S2/c1-18-7-13-22(14-8-18)37(32,33)28(5)27-24(30)23-15-21(16-29(23)25(31)35-26(2,3)4)36-17-19-9-11-20(34-6)12-10-19/h7-14,21,23H,15-17H2,1-6H3,(H,27,30)/t21-,23+/m1/s1. The van der Waals surface area contributed by atoms with E-state index in [1.54, 1.807) is 51.8 Å². The minimum absolute atomic E-state index is 0.0376. The fourth-order valence-corrected chi connectivity index (χ4v) is 5.99. The zero-order valence-corrected chi connectivity index (χ0v) is 23.7. The second-order valence-corrected chi connectivity index (χ2v) is 13.2. The van der Waals surface area contributed by atoms with E-state index in [2.05, 4.69) is 5.43 Å². The number of nitrogens with one attached hydrogen (secondary N) is 1. The second-order valence-electron chi connectivity index (χ2n) is 9.93. The predicted molar refractivity (Wildman–Crippen MR) is 144 cm³/mol. The first-order valence-electron chi connectivity index (χ1n) is 11.9. The SMILES string of the molecule is COc1ccc(CS[C@@H]2C[C@@H](C(=O)NN(C)S(=O)(=O)c3ccc(C)cc3)N(C(=O)OC(C)(C)C)C2)cc1. The van der Waals surface area contributed by atoms with Crippen LogP contribution in [0.25, 0.3) is 0 Å². The number of amides is 2. The van der Waals surface area contributed by atoms with E-state index >= 15 is 0 Å². The molecule has 1 saturated heterocycles. The quantitative estimate of drug-likeness (QED) is 0.497. The Labute approximate surface area is 223 Å².